The van der Waals surface area contributed by atoms with Crippen LogP contribution in [0.15, 0.2) is 42.6 Å². The number of rotatable bonds is 4. The number of hydrogen-bond acceptors (Lipinski definition) is 4. The van der Waals surface area contributed by atoms with Crippen LogP contribution >= 0.6 is 0 Å². The molecule has 2 aromatic heterocycles. The predicted molar refractivity (Wildman–Crippen MR) is 105 cm³/mol. The molecule has 0 unspecified atom stereocenters. The molecule has 1 saturated heterocycles. The molecule has 1 aliphatic rings. The van der Waals surface area contributed by atoms with Gasteiger partial charge in [-0.15, -0.1) is 0 Å². The Hall–Kier alpha value is -2.80. The van der Waals surface area contributed by atoms with Crippen LogP contribution < -0.4 is 4.90 Å². The number of hydrogen-bond donors (Lipinski definition) is 0. The number of pyridine rings is 1. The van der Waals surface area contributed by atoms with Crippen molar-refractivity contribution in [3.05, 3.63) is 71.2 Å². The highest BCUT2D eigenvalue weighted by Crippen LogP contribution is 2.27. The number of benzene rings is 1. The summed E-state index contributed by atoms with van der Waals surface area (Å²) in [5.41, 5.74) is 3.85. The number of halogens is 2. The van der Waals surface area contributed by atoms with Gasteiger partial charge >= 0.3 is 0 Å². The minimum atomic E-state index is -0.526. The summed E-state index contributed by atoms with van der Waals surface area (Å²) in [6.45, 7) is 7.96. The third-order valence-electron chi connectivity index (χ3n) is 5.14. The first kappa shape index (κ1) is 18.6. The van der Waals surface area contributed by atoms with Gasteiger partial charge in [0, 0.05) is 45.0 Å². The summed E-state index contributed by atoms with van der Waals surface area (Å²) >= 11 is 0. The summed E-state index contributed by atoms with van der Waals surface area (Å²) in [6.07, 6.45) is 1.76. The highest BCUT2D eigenvalue weighted by molar-refractivity contribution is 5.56. The second kappa shape index (κ2) is 7.67. The van der Waals surface area contributed by atoms with Gasteiger partial charge in [0.1, 0.15) is 11.6 Å². The van der Waals surface area contributed by atoms with E-state index in [9.17, 15) is 8.78 Å². The average molecular weight is 383 g/mol. The quantitative estimate of drug-likeness (QED) is 0.691. The molecule has 0 aliphatic carbocycles. The summed E-state index contributed by atoms with van der Waals surface area (Å²) in [5, 5.41) is 4.68. The van der Waals surface area contributed by atoms with Crippen molar-refractivity contribution in [2.75, 3.05) is 31.1 Å². The molecular formula is C21H23F2N5. The molecule has 0 spiro atoms. The van der Waals surface area contributed by atoms with Gasteiger partial charge in [0.25, 0.3) is 0 Å². The molecule has 1 aliphatic heterocycles. The first-order valence-corrected chi connectivity index (χ1v) is 9.41. The first-order valence-electron chi connectivity index (χ1n) is 9.41. The Balaban J connectivity index is 1.46. The van der Waals surface area contributed by atoms with E-state index < -0.39 is 11.6 Å². The number of piperazine rings is 1. The molecule has 0 amide bonds. The summed E-state index contributed by atoms with van der Waals surface area (Å²) in [6, 6.07) is 9.50. The largest absolute Gasteiger partial charge is 0.366 e. The first-order chi connectivity index (χ1) is 13.5. The number of anilines is 1. The molecule has 1 aromatic carbocycles. The zero-order valence-electron chi connectivity index (χ0n) is 16.1. The van der Waals surface area contributed by atoms with Crippen LogP contribution in [0.5, 0.6) is 0 Å². The second-order valence-electron chi connectivity index (χ2n) is 7.16. The Morgan fingerprint density at radius 2 is 1.68 bits per heavy atom. The lowest BCUT2D eigenvalue weighted by Crippen LogP contribution is -2.46. The molecule has 7 heteroatoms. The molecule has 0 radical (unpaired) electrons. The van der Waals surface area contributed by atoms with Crippen LogP contribution in [-0.2, 0) is 6.54 Å². The molecule has 1 fully saturated rings. The Bertz CT molecular complexity index is 942. The van der Waals surface area contributed by atoms with E-state index in [1.54, 1.807) is 6.20 Å². The zero-order chi connectivity index (χ0) is 19.7. The van der Waals surface area contributed by atoms with Gasteiger partial charge in [0.2, 0.25) is 0 Å². The lowest BCUT2D eigenvalue weighted by atomic mass is 10.1. The van der Waals surface area contributed by atoms with Gasteiger partial charge in [-0.1, -0.05) is 6.07 Å². The van der Waals surface area contributed by atoms with Gasteiger partial charge in [0.15, 0.2) is 5.82 Å². The maximum atomic E-state index is 13.4. The van der Waals surface area contributed by atoms with Crippen molar-refractivity contribution >= 4 is 5.69 Å². The molecule has 0 N–H and O–H groups in total. The third kappa shape index (κ3) is 3.75. The lowest BCUT2D eigenvalue weighted by Gasteiger charge is -2.36. The van der Waals surface area contributed by atoms with Crippen molar-refractivity contribution in [2.24, 2.45) is 0 Å². The van der Waals surface area contributed by atoms with Crippen molar-refractivity contribution in [3.63, 3.8) is 0 Å². The maximum Gasteiger partial charge on any atom is 0.153 e. The molecule has 3 aromatic rings. The van der Waals surface area contributed by atoms with Gasteiger partial charge in [-0.25, -0.2) is 18.4 Å². The molecule has 0 atom stereocenters. The second-order valence-corrected chi connectivity index (χ2v) is 7.16. The number of aryl methyl sites for hydroxylation is 1. The van der Waals surface area contributed by atoms with Gasteiger partial charge < -0.3 is 4.90 Å². The fourth-order valence-electron chi connectivity index (χ4n) is 3.88. The van der Waals surface area contributed by atoms with E-state index in [0.29, 0.717) is 12.1 Å². The Labute approximate surface area is 163 Å². The highest BCUT2D eigenvalue weighted by Gasteiger charge is 2.23. The van der Waals surface area contributed by atoms with Crippen LogP contribution in [0, 0.1) is 25.5 Å². The van der Waals surface area contributed by atoms with Crippen molar-refractivity contribution in [2.45, 2.75) is 20.4 Å². The Morgan fingerprint density at radius 3 is 2.32 bits per heavy atom. The Kier molecular flexibility index (Phi) is 5.09. The molecule has 0 saturated carbocycles. The van der Waals surface area contributed by atoms with E-state index in [4.69, 9.17) is 0 Å². The zero-order valence-corrected chi connectivity index (χ0v) is 16.1. The SMILES string of the molecule is Cc1nn(-c2ccccn2)c(C)c1N1CCN(Cc2cc(F)cc(F)c2)CC1. The molecule has 4 rings (SSSR count). The Morgan fingerprint density at radius 1 is 0.964 bits per heavy atom. The molecule has 146 valence electrons. The van der Waals surface area contributed by atoms with Gasteiger partial charge in [-0.05, 0) is 43.7 Å². The van der Waals surface area contributed by atoms with E-state index in [0.717, 1.165) is 55.1 Å². The molecule has 3 heterocycles. The molecular weight excluding hydrogens is 360 g/mol. The number of aromatic nitrogens is 3. The minimum Gasteiger partial charge on any atom is -0.366 e. The van der Waals surface area contributed by atoms with Crippen molar-refractivity contribution in [1.82, 2.24) is 19.7 Å². The van der Waals surface area contributed by atoms with Gasteiger partial charge in [-0.3, -0.25) is 4.90 Å². The monoisotopic (exact) mass is 383 g/mol. The van der Waals surface area contributed by atoms with Crippen LogP contribution in [0.3, 0.4) is 0 Å². The normalized spacial score (nSPS) is 15.2. The summed E-state index contributed by atoms with van der Waals surface area (Å²) in [5.74, 6) is -0.246. The van der Waals surface area contributed by atoms with Crippen molar-refractivity contribution in [3.8, 4) is 5.82 Å². The van der Waals surface area contributed by atoms with Gasteiger partial charge in [-0.2, -0.15) is 5.10 Å². The van der Waals surface area contributed by atoms with Crippen LogP contribution in [0.2, 0.25) is 0 Å². The van der Waals surface area contributed by atoms with Crippen molar-refractivity contribution in [1.29, 1.82) is 0 Å². The summed E-state index contributed by atoms with van der Waals surface area (Å²) in [7, 11) is 0. The van der Waals surface area contributed by atoms with Crippen LogP contribution in [0.4, 0.5) is 14.5 Å². The van der Waals surface area contributed by atoms with E-state index >= 15 is 0 Å². The van der Waals surface area contributed by atoms with E-state index in [1.807, 2.05) is 29.8 Å². The summed E-state index contributed by atoms with van der Waals surface area (Å²) in [4.78, 5) is 8.95. The van der Waals surface area contributed by atoms with Gasteiger partial charge in [0.05, 0.1) is 17.1 Å². The average Bonchev–Trinajstić information content (AvgIpc) is 2.97. The molecule has 5 nitrogen and oxygen atoms in total. The van der Waals surface area contributed by atoms with Crippen LogP contribution in [0.1, 0.15) is 17.0 Å². The highest BCUT2D eigenvalue weighted by atomic mass is 19.1. The van der Waals surface area contributed by atoms with E-state index in [-0.39, 0.29) is 0 Å². The van der Waals surface area contributed by atoms with E-state index in [2.05, 4.69) is 26.8 Å². The summed E-state index contributed by atoms with van der Waals surface area (Å²) < 4.78 is 28.7. The van der Waals surface area contributed by atoms with Crippen LogP contribution in [0.25, 0.3) is 5.82 Å². The van der Waals surface area contributed by atoms with Crippen LogP contribution in [-0.4, -0.2) is 45.8 Å². The standard InChI is InChI=1S/C21H23F2N5/c1-15-21(16(2)28(25-15)20-5-3-4-6-24-20)27-9-7-26(8-10-27)14-17-11-18(22)13-19(23)12-17/h3-6,11-13H,7-10,14H2,1-2H3. The predicted octanol–water partition coefficient (Wildman–Crippen LogP) is 3.48. The fourth-order valence-corrected chi connectivity index (χ4v) is 3.88. The molecule has 0 bridgehead atoms. The molecule has 28 heavy (non-hydrogen) atoms. The third-order valence-corrected chi connectivity index (χ3v) is 5.14. The maximum absolute atomic E-state index is 13.4. The smallest absolute Gasteiger partial charge is 0.153 e. The van der Waals surface area contributed by atoms with Crippen molar-refractivity contribution < 1.29 is 8.78 Å². The minimum absolute atomic E-state index is 0.526. The fraction of sp³-hybridized carbons (Fsp3) is 0.333. The number of nitrogens with zero attached hydrogens (tertiary/aromatic N) is 5. The lowest BCUT2D eigenvalue weighted by molar-refractivity contribution is 0.249. The van der Waals surface area contributed by atoms with E-state index in [1.165, 1.54) is 12.1 Å². The topological polar surface area (TPSA) is 37.2 Å².